The number of aromatic nitrogens is 2. The minimum absolute atomic E-state index is 0.659. The Labute approximate surface area is 295 Å². The third-order valence-electron chi connectivity index (χ3n) is 9.89. The molecular formula is C48H30N2O. The second kappa shape index (κ2) is 11.9. The van der Waals surface area contributed by atoms with Crippen LogP contribution in [0, 0.1) is 0 Å². The molecule has 0 bridgehead atoms. The summed E-state index contributed by atoms with van der Waals surface area (Å²) in [5.74, 6) is 0.659. The van der Waals surface area contributed by atoms with Crippen LogP contribution in [0.1, 0.15) is 0 Å². The minimum atomic E-state index is 0.659. The molecule has 10 aromatic rings. The van der Waals surface area contributed by atoms with E-state index in [1.165, 1.54) is 21.9 Å². The van der Waals surface area contributed by atoms with Crippen molar-refractivity contribution in [1.29, 1.82) is 0 Å². The van der Waals surface area contributed by atoms with E-state index in [4.69, 9.17) is 14.4 Å². The third kappa shape index (κ3) is 4.98. The van der Waals surface area contributed by atoms with E-state index in [0.717, 1.165) is 71.9 Å². The zero-order chi connectivity index (χ0) is 33.7. The number of fused-ring (bicyclic) bond motifs is 5. The maximum Gasteiger partial charge on any atom is 0.161 e. The van der Waals surface area contributed by atoms with Gasteiger partial charge < -0.3 is 4.42 Å². The van der Waals surface area contributed by atoms with Gasteiger partial charge in [-0.15, -0.1) is 0 Å². The molecule has 0 aliphatic heterocycles. The monoisotopic (exact) mass is 650 g/mol. The van der Waals surface area contributed by atoms with Crippen LogP contribution in [0.3, 0.4) is 0 Å². The lowest BCUT2D eigenvalue weighted by atomic mass is 9.90. The van der Waals surface area contributed by atoms with Gasteiger partial charge in [-0.2, -0.15) is 0 Å². The molecule has 3 heteroatoms. The van der Waals surface area contributed by atoms with E-state index in [1.54, 1.807) is 0 Å². The molecule has 0 atom stereocenters. The van der Waals surface area contributed by atoms with Gasteiger partial charge in [-0.1, -0.05) is 152 Å². The normalized spacial score (nSPS) is 11.5. The molecule has 0 saturated carbocycles. The molecule has 51 heavy (non-hydrogen) atoms. The van der Waals surface area contributed by atoms with Gasteiger partial charge in [0, 0.05) is 33.0 Å². The second-order valence-corrected chi connectivity index (χ2v) is 12.9. The molecule has 10 rings (SSSR count). The molecule has 238 valence electrons. The first-order valence-electron chi connectivity index (χ1n) is 17.2. The summed E-state index contributed by atoms with van der Waals surface area (Å²) in [5, 5.41) is 6.72. The van der Waals surface area contributed by atoms with Gasteiger partial charge in [0.05, 0.1) is 11.4 Å². The molecular weight excluding hydrogens is 621 g/mol. The van der Waals surface area contributed by atoms with Gasteiger partial charge in [0.1, 0.15) is 11.2 Å². The van der Waals surface area contributed by atoms with Crippen molar-refractivity contribution in [2.24, 2.45) is 0 Å². The molecule has 0 saturated heterocycles. The highest BCUT2D eigenvalue weighted by Gasteiger charge is 2.22. The van der Waals surface area contributed by atoms with Crippen molar-refractivity contribution in [2.45, 2.75) is 0 Å². The molecule has 0 amide bonds. The van der Waals surface area contributed by atoms with E-state index in [9.17, 15) is 0 Å². The highest BCUT2D eigenvalue weighted by atomic mass is 16.3. The van der Waals surface area contributed by atoms with Gasteiger partial charge in [0.25, 0.3) is 0 Å². The van der Waals surface area contributed by atoms with Crippen molar-refractivity contribution in [3.63, 3.8) is 0 Å². The average Bonchev–Trinajstić information content (AvgIpc) is 3.58. The molecule has 0 aliphatic rings. The molecule has 2 aromatic heterocycles. The number of rotatable bonds is 5. The van der Waals surface area contributed by atoms with E-state index >= 15 is 0 Å². The minimum Gasteiger partial charge on any atom is -0.455 e. The standard InChI is InChI=1S/C48H30N2O/c1-4-14-31(15-5-1)36-24-25-39(38-23-13-12-22-37(36)38)40-26-27-41(46-42-28-34-20-10-11-21-35(34)29-45(42)51-47(40)46)48-49-43(32-16-6-2-7-17-32)30-44(50-48)33-18-8-3-9-19-33/h1-30H. The van der Waals surface area contributed by atoms with Crippen LogP contribution in [0.5, 0.6) is 0 Å². The van der Waals surface area contributed by atoms with Gasteiger partial charge in [0.2, 0.25) is 0 Å². The lowest BCUT2D eigenvalue weighted by Gasteiger charge is -2.14. The number of benzene rings is 8. The van der Waals surface area contributed by atoms with Crippen molar-refractivity contribution in [3.8, 4) is 56.2 Å². The summed E-state index contributed by atoms with van der Waals surface area (Å²) >= 11 is 0. The Hall–Kier alpha value is -6.84. The summed E-state index contributed by atoms with van der Waals surface area (Å²) < 4.78 is 6.95. The smallest absolute Gasteiger partial charge is 0.161 e. The first-order chi connectivity index (χ1) is 25.3. The fourth-order valence-electron chi connectivity index (χ4n) is 7.45. The first-order valence-corrected chi connectivity index (χ1v) is 17.2. The Morgan fingerprint density at radius 3 is 1.49 bits per heavy atom. The van der Waals surface area contributed by atoms with E-state index in [-0.39, 0.29) is 0 Å². The summed E-state index contributed by atoms with van der Waals surface area (Å²) in [4.78, 5) is 10.5. The van der Waals surface area contributed by atoms with E-state index in [1.807, 2.05) is 36.4 Å². The zero-order valence-corrected chi connectivity index (χ0v) is 27.6. The Balaban J connectivity index is 1.28. The Bertz CT molecular complexity index is 2840. The molecule has 0 aliphatic carbocycles. The van der Waals surface area contributed by atoms with Crippen LogP contribution in [0.15, 0.2) is 186 Å². The fourth-order valence-corrected chi connectivity index (χ4v) is 7.45. The number of nitrogens with zero attached hydrogens (tertiary/aromatic N) is 2. The quantitative estimate of drug-likeness (QED) is 0.186. The zero-order valence-electron chi connectivity index (χ0n) is 27.6. The molecule has 0 N–H and O–H groups in total. The van der Waals surface area contributed by atoms with Crippen LogP contribution < -0.4 is 0 Å². The van der Waals surface area contributed by atoms with Crippen molar-refractivity contribution in [2.75, 3.05) is 0 Å². The second-order valence-electron chi connectivity index (χ2n) is 12.9. The van der Waals surface area contributed by atoms with Crippen molar-refractivity contribution < 1.29 is 4.42 Å². The summed E-state index contributed by atoms with van der Waals surface area (Å²) in [5.41, 5.74) is 11.0. The Kier molecular flexibility index (Phi) is 6.81. The van der Waals surface area contributed by atoms with Crippen molar-refractivity contribution in [3.05, 3.63) is 182 Å². The molecule has 8 aromatic carbocycles. The number of hydrogen-bond donors (Lipinski definition) is 0. The average molecular weight is 651 g/mol. The van der Waals surface area contributed by atoms with E-state index < -0.39 is 0 Å². The molecule has 0 fully saturated rings. The lowest BCUT2D eigenvalue weighted by Crippen LogP contribution is -1.96. The van der Waals surface area contributed by atoms with Gasteiger partial charge in [0.15, 0.2) is 5.82 Å². The highest BCUT2D eigenvalue weighted by Crippen LogP contribution is 2.45. The Morgan fingerprint density at radius 1 is 0.353 bits per heavy atom. The summed E-state index contributed by atoms with van der Waals surface area (Å²) in [6, 6.07) is 63.7. The number of hydrogen-bond acceptors (Lipinski definition) is 3. The largest absolute Gasteiger partial charge is 0.455 e. The summed E-state index contributed by atoms with van der Waals surface area (Å²) in [6.07, 6.45) is 0. The van der Waals surface area contributed by atoms with Gasteiger partial charge >= 0.3 is 0 Å². The molecule has 3 nitrogen and oxygen atoms in total. The predicted molar refractivity (Wildman–Crippen MR) is 212 cm³/mol. The van der Waals surface area contributed by atoms with Crippen LogP contribution in [-0.2, 0) is 0 Å². The first kappa shape index (κ1) is 29.1. The van der Waals surface area contributed by atoms with Crippen LogP contribution in [-0.4, -0.2) is 9.97 Å². The highest BCUT2D eigenvalue weighted by molar-refractivity contribution is 6.20. The molecule has 0 spiro atoms. The van der Waals surface area contributed by atoms with Crippen LogP contribution >= 0.6 is 0 Å². The third-order valence-corrected chi connectivity index (χ3v) is 9.89. The van der Waals surface area contributed by atoms with Gasteiger partial charge in [-0.3, -0.25) is 0 Å². The summed E-state index contributed by atoms with van der Waals surface area (Å²) in [7, 11) is 0. The maximum atomic E-state index is 6.95. The Morgan fingerprint density at radius 2 is 0.843 bits per heavy atom. The van der Waals surface area contributed by atoms with Crippen LogP contribution in [0.2, 0.25) is 0 Å². The predicted octanol–water partition coefficient (Wildman–Crippen LogP) is 13.0. The summed E-state index contributed by atoms with van der Waals surface area (Å²) in [6.45, 7) is 0. The topological polar surface area (TPSA) is 38.9 Å². The molecule has 0 unspecified atom stereocenters. The van der Waals surface area contributed by atoms with Crippen molar-refractivity contribution in [1.82, 2.24) is 9.97 Å². The fraction of sp³-hybridized carbons (Fsp3) is 0. The van der Waals surface area contributed by atoms with Crippen molar-refractivity contribution >= 4 is 43.5 Å². The molecule has 2 heterocycles. The molecule has 0 radical (unpaired) electrons. The van der Waals surface area contributed by atoms with Gasteiger partial charge in [-0.25, -0.2) is 9.97 Å². The van der Waals surface area contributed by atoms with Crippen LogP contribution in [0.4, 0.5) is 0 Å². The SMILES string of the molecule is c1ccc(-c2cc(-c3ccccc3)nc(-c3ccc(-c4ccc(-c5ccccc5)c5ccccc45)c4oc5cc6ccccc6cc5c34)n2)cc1. The number of furan rings is 1. The van der Waals surface area contributed by atoms with E-state index in [0.29, 0.717) is 5.82 Å². The lowest BCUT2D eigenvalue weighted by molar-refractivity contribution is 0.670. The van der Waals surface area contributed by atoms with Crippen LogP contribution in [0.25, 0.3) is 99.6 Å². The maximum absolute atomic E-state index is 6.95. The van der Waals surface area contributed by atoms with E-state index in [2.05, 4.69) is 146 Å². The van der Waals surface area contributed by atoms with Gasteiger partial charge in [-0.05, 0) is 68.6 Å².